The van der Waals surface area contributed by atoms with Crippen molar-refractivity contribution < 1.29 is 9.18 Å². The van der Waals surface area contributed by atoms with Crippen molar-refractivity contribution in [2.24, 2.45) is 0 Å². The Morgan fingerprint density at radius 2 is 2.00 bits per heavy atom. The van der Waals surface area contributed by atoms with E-state index in [0.29, 0.717) is 5.56 Å². The van der Waals surface area contributed by atoms with E-state index in [0.717, 1.165) is 41.6 Å². The van der Waals surface area contributed by atoms with Gasteiger partial charge in [-0.3, -0.25) is 4.79 Å². The van der Waals surface area contributed by atoms with E-state index in [1.165, 1.54) is 12.1 Å². The number of carbonyl (C=O) groups excluding carboxylic acids is 1. The van der Waals surface area contributed by atoms with E-state index in [9.17, 15) is 9.18 Å². The number of hydrogen-bond acceptors (Lipinski definition) is 3. The molecular formula is C19H17FN2OS. The average Bonchev–Trinajstić information content (AvgIpc) is 3.09. The maximum atomic E-state index is 13.2. The van der Waals surface area contributed by atoms with Gasteiger partial charge in [0, 0.05) is 12.1 Å². The number of hydrogen-bond donors (Lipinski definition) is 0. The Bertz CT molecular complexity index is 874. The molecule has 1 aliphatic heterocycles. The van der Waals surface area contributed by atoms with Gasteiger partial charge in [0.1, 0.15) is 5.82 Å². The van der Waals surface area contributed by atoms with Crippen molar-refractivity contribution in [3.05, 3.63) is 64.9 Å². The molecule has 0 radical (unpaired) electrons. The van der Waals surface area contributed by atoms with Crippen LogP contribution in [-0.2, 0) is 0 Å². The van der Waals surface area contributed by atoms with Gasteiger partial charge >= 0.3 is 0 Å². The summed E-state index contributed by atoms with van der Waals surface area (Å²) in [5.41, 5.74) is 4.32. The van der Waals surface area contributed by atoms with Crippen LogP contribution in [0.4, 0.5) is 4.39 Å². The molecule has 1 saturated heterocycles. The predicted octanol–water partition coefficient (Wildman–Crippen LogP) is 4.80. The molecule has 3 aromatic rings. The minimum atomic E-state index is -0.249. The summed E-state index contributed by atoms with van der Waals surface area (Å²) in [6.07, 6.45) is 3.00. The van der Waals surface area contributed by atoms with Gasteiger partial charge in [-0.25, -0.2) is 9.37 Å². The van der Waals surface area contributed by atoms with Gasteiger partial charge in [0.2, 0.25) is 0 Å². The third-order valence-corrected chi connectivity index (χ3v) is 5.41. The lowest BCUT2D eigenvalue weighted by Gasteiger charge is -2.36. The highest BCUT2D eigenvalue weighted by Gasteiger charge is 2.28. The van der Waals surface area contributed by atoms with E-state index in [2.05, 4.69) is 4.98 Å². The lowest BCUT2D eigenvalue weighted by atomic mass is 9.94. The molecule has 0 spiro atoms. The van der Waals surface area contributed by atoms with E-state index in [1.54, 1.807) is 29.0 Å². The summed E-state index contributed by atoms with van der Waals surface area (Å²) in [5.74, 6) is -0.222. The Kier molecular flexibility index (Phi) is 4.02. The second kappa shape index (κ2) is 6.32. The maximum absolute atomic E-state index is 13.2. The molecule has 4 rings (SSSR count). The van der Waals surface area contributed by atoms with Gasteiger partial charge in [0.25, 0.3) is 5.91 Å². The molecule has 5 heteroatoms. The zero-order valence-electron chi connectivity index (χ0n) is 13.1. The molecule has 24 heavy (non-hydrogen) atoms. The van der Waals surface area contributed by atoms with Crippen LogP contribution in [0.1, 0.15) is 41.2 Å². The van der Waals surface area contributed by atoms with Crippen molar-refractivity contribution in [1.82, 2.24) is 9.88 Å². The zero-order valence-corrected chi connectivity index (χ0v) is 13.9. The normalized spacial score (nSPS) is 18.0. The molecule has 122 valence electrons. The number of thiazole rings is 1. The highest BCUT2D eigenvalue weighted by Crippen LogP contribution is 2.32. The summed E-state index contributed by atoms with van der Waals surface area (Å²) in [6, 6.07) is 12.2. The molecule has 1 aromatic heterocycles. The number of rotatable bonds is 2. The van der Waals surface area contributed by atoms with Crippen molar-refractivity contribution in [2.45, 2.75) is 25.3 Å². The average molecular weight is 340 g/mol. The summed E-state index contributed by atoms with van der Waals surface area (Å²) in [5, 5.41) is 0. The first-order valence-corrected chi connectivity index (χ1v) is 9.00. The van der Waals surface area contributed by atoms with Crippen LogP contribution in [0.2, 0.25) is 0 Å². The van der Waals surface area contributed by atoms with E-state index in [-0.39, 0.29) is 17.8 Å². The molecule has 1 amide bonds. The van der Waals surface area contributed by atoms with Crippen molar-refractivity contribution in [1.29, 1.82) is 0 Å². The summed E-state index contributed by atoms with van der Waals surface area (Å²) in [6.45, 7) is 0.732. The third kappa shape index (κ3) is 2.80. The van der Waals surface area contributed by atoms with Crippen LogP contribution >= 0.6 is 11.3 Å². The number of halogens is 1. The number of carbonyl (C=O) groups is 1. The number of nitrogens with zero attached hydrogens (tertiary/aromatic N) is 2. The van der Waals surface area contributed by atoms with Crippen LogP contribution in [0.3, 0.4) is 0 Å². The molecular weight excluding hydrogens is 323 g/mol. The van der Waals surface area contributed by atoms with E-state index >= 15 is 0 Å². The van der Waals surface area contributed by atoms with Gasteiger partial charge in [-0.1, -0.05) is 12.1 Å². The molecule has 0 bridgehead atoms. The van der Waals surface area contributed by atoms with Crippen molar-refractivity contribution >= 4 is 27.5 Å². The Morgan fingerprint density at radius 1 is 1.17 bits per heavy atom. The molecule has 0 aliphatic carbocycles. The SMILES string of the molecule is O=C(c1ccc2scnc2c1)N1CCCC[C@H]1c1ccc(F)cc1. The standard InChI is InChI=1S/C19H17FN2OS/c20-15-7-4-13(5-8-15)17-3-1-2-10-22(17)19(23)14-6-9-18-16(11-14)21-12-24-18/h4-9,11-12,17H,1-3,10H2/t17-/m0/s1. The van der Waals surface area contributed by atoms with E-state index in [1.807, 2.05) is 23.1 Å². The van der Waals surface area contributed by atoms with Gasteiger partial charge in [-0.2, -0.15) is 0 Å². The maximum Gasteiger partial charge on any atom is 0.254 e. The fourth-order valence-electron chi connectivity index (χ4n) is 3.36. The molecule has 0 N–H and O–H groups in total. The van der Waals surface area contributed by atoms with Crippen molar-refractivity contribution in [3.63, 3.8) is 0 Å². The Labute approximate surface area is 143 Å². The lowest BCUT2D eigenvalue weighted by Crippen LogP contribution is -2.38. The number of benzene rings is 2. The number of fused-ring (bicyclic) bond motifs is 1. The van der Waals surface area contributed by atoms with Crippen LogP contribution in [0.5, 0.6) is 0 Å². The summed E-state index contributed by atoms with van der Waals surface area (Å²) in [7, 11) is 0. The van der Waals surface area contributed by atoms with Gasteiger partial charge in [-0.05, 0) is 55.2 Å². The summed E-state index contributed by atoms with van der Waals surface area (Å²) in [4.78, 5) is 19.3. The first-order chi connectivity index (χ1) is 11.7. The first kappa shape index (κ1) is 15.3. The lowest BCUT2D eigenvalue weighted by molar-refractivity contribution is 0.0611. The minimum absolute atomic E-state index is 0.0120. The van der Waals surface area contributed by atoms with Crippen LogP contribution in [0, 0.1) is 5.82 Å². The minimum Gasteiger partial charge on any atom is -0.332 e. The van der Waals surface area contributed by atoms with Crippen molar-refractivity contribution in [2.75, 3.05) is 6.54 Å². The Hall–Kier alpha value is -2.27. The van der Waals surface area contributed by atoms with Gasteiger partial charge < -0.3 is 4.90 Å². The van der Waals surface area contributed by atoms with Crippen LogP contribution in [0.25, 0.3) is 10.2 Å². The molecule has 1 aliphatic rings. The smallest absolute Gasteiger partial charge is 0.254 e. The molecule has 2 heterocycles. The molecule has 1 fully saturated rings. The quantitative estimate of drug-likeness (QED) is 0.671. The Morgan fingerprint density at radius 3 is 2.83 bits per heavy atom. The second-order valence-electron chi connectivity index (χ2n) is 6.10. The second-order valence-corrected chi connectivity index (χ2v) is 6.98. The predicted molar refractivity (Wildman–Crippen MR) is 93.6 cm³/mol. The third-order valence-electron chi connectivity index (χ3n) is 4.60. The van der Waals surface area contributed by atoms with E-state index in [4.69, 9.17) is 0 Å². The fraction of sp³-hybridized carbons (Fsp3) is 0.263. The zero-order chi connectivity index (χ0) is 16.5. The van der Waals surface area contributed by atoms with E-state index < -0.39 is 0 Å². The molecule has 2 aromatic carbocycles. The van der Waals surface area contributed by atoms with Gasteiger partial charge in [-0.15, -0.1) is 11.3 Å². The fourth-order valence-corrected chi connectivity index (χ4v) is 4.02. The topological polar surface area (TPSA) is 33.2 Å². The number of aromatic nitrogens is 1. The van der Waals surface area contributed by atoms with Crippen LogP contribution < -0.4 is 0 Å². The first-order valence-electron chi connectivity index (χ1n) is 8.12. The molecule has 3 nitrogen and oxygen atoms in total. The number of amides is 1. The molecule has 0 unspecified atom stereocenters. The van der Waals surface area contributed by atoms with Crippen LogP contribution in [-0.4, -0.2) is 22.3 Å². The molecule has 0 saturated carbocycles. The highest BCUT2D eigenvalue weighted by atomic mass is 32.1. The largest absolute Gasteiger partial charge is 0.332 e. The number of piperidine rings is 1. The van der Waals surface area contributed by atoms with Gasteiger partial charge in [0.15, 0.2) is 0 Å². The Balaban J connectivity index is 1.66. The summed E-state index contributed by atoms with van der Waals surface area (Å²) >= 11 is 1.57. The van der Waals surface area contributed by atoms with Crippen LogP contribution in [0.15, 0.2) is 48.0 Å². The summed E-state index contributed by atoms with van der Waals surface area (Å²) < 4.78 is 14.3. The van der Waals surface area contributed by atoms with Gasteiger partial charge in [0.05, 0.1) is 21.8 Å². The monoisotopic (exact) mass is 340 g/mol. The van der Waals surface area contributed by atoms with Crippen molar-refractivity contribution in [3.8, 4) is 0 Å². The highest BCUT2D eigenvalue weighted by molar-refractivity contribution is 7.16. The molecule has 1 atom stereocenters. The number of likely N-dealkylation sites (tertiary alicyclic amines) is 1.